The third-order valence-corrected chi connectivity index (χ3v) is 11.8. The number of hydrogen-bond donors (Lipinski definition) is 1. The van der Waals surface area contributed by atoms with E-state index in [-0.39, 0.29) is 30.3 Å². The predicted octanol–water partition coefficient (Wildman–Crippen LogP) is 3.52. The number of rotatable bonds is 7. The lowest BCUT2D eigenvalue weighted by Gasteiger charge is -2.63. The maximum atomic E-state index is 14.4. The second kappa shape index (κ2) is 12.6. The van der Waals surface area contributed by atoms with Gasteiger partial charge in [-0.25, -0.2) is 4.90 Å². The number of piperazine rings is 1. The average Bonchev–Trinajstić information content (AvgIpc) is 3.55. The molecule has 2 aromatic rings. The SMILES string of the molecule is CN1CCN(C2CCN(C(=O)C(CC(=O)N3CCC4CC3(N3CNc5ccccc5C3)O4)Cc3ccc4c(c3)CCC4)CC2)CC1. The van der Waals surface area contributed by atoms with Crippen LogP contribution in [0.1, 0.15) is 60.8 Å². The van der Waals surface area contributed by atoms with Gasteiger partial charge in [0.1, 0.15) is 0 Å². The quantitative estimate of drug-likeness (QED) is 0.505. The smallest absolute Gasteiger partial charge is 0.226 e. The van der Waals surface area contributed by atoms with Crippen LogP contribution >= 0.6 is 0 Å². The van der Waals surface area contributed by atoms with Crippen molar-refractivity contribution in [3.8, 4) is 0 Å². The monoisotopic (exact) mass is 626 g/mol. The second-order valence-corrected chi connectivity index (χ2v) is 14.7. The molecule has 5 saturated heterocycles. The van der Waals surface area contributed by atoms with Crippen molar-refractivity contribution in [2.75, 3.05) is 64.8 Å². The van der Waals surface area contributed by atoms with Crippen molar-refractivity contribution in [1.82, 2.24) is 24.5 Å². The molecule has 3 atom stereocenters. The van der Waals surface area contributed by atoms with Crippen molar-refractivity contribution in [2.24, 2.45) is 5.92 Å². The zero-order valence-electron chi connectivity index (χ0n) is 27.5. The minimum atomic E-state index is -0.734. The Kier molecular flexibility index (Phi) is 8.29. The van der Waals surface area contributed by atoms with Crippen molar-refractivity contribution >= 4 is 17.5 Å². The van der Waals surface area contributed by atoms with Gasteiger partial charge in [-0.05, 0) is 80.3 Å². The summed E-state index contributed by atoms with van der Waals surface area (Å²) in [5.74, 6) is -0.911. The standard InChI is InChI=1S/C37H50N6O3/c1-39-17-19-40(20-18-39)32-11-14-41(15-12-32)36(45)31(22-27-9-10-28-6-4-7-29(28)21-27)23-35(44)43-16-13-33-24-37(43,46-33)42-25-30-5-2-3-8-34(30)38-26-42/h2-3,5,8-10,21,31-33,38H,4,6-7,11-20,22-26H2,1H3. The van der Waals surface area contributed by atoms with Gasteiger partial charge in [-0.2, -0.15) is 0 Å². The third kappa shape index (κ3) is 5.74. The first-order valence-electron chi connectivity index (χ1n) is 17.8. The summed E-state index contributed by atoms with van der Waals surface area (Å²) in [4.78, 5) is 40.1. The summed E-state index contributed by atoms with van der Waals surface area (Å²) in [6.07, 6.45) is 8.21. The number of piperidine rings is 2. The number of ether oxygens (including phenoxy) is 1. The van der Waals surface area contributed by atoms with Gasteiger partial charge in [-0.3, -0.25) is 14.5 Å². The molecule has 2 amide bonds. The highest BCUT2D eigenvalue weighted by molar-refractivity contribution is 5.86. The molecular weight excluding hydrogens is 576 g/mol. The summed E-state index contributed by atoms with van der Waals surface area (Å²) in [6.45, 7) is 8.07. The van der Waals surface area contributed by atoms with E-state index in [0.717, 1.165) is 90.0 Å². The number of hydrogen-bond acceptors (Lipinski definition) is 7. The first-order chi connectivity index (χ1) is 22.4. The molecule has 1 aliphatic carbocycles. The van der Waals surface area contributed by atoms with Crippen LogP contribution in [-0.4, -0.2) is 114 Å². The zero-order chi connectivity index (χ0) is 31.3. The molecule has 0 aromatic heterocycles. The van der Waals surface area contributed by atoms with Gasteiger partial charge in [0.05, 0.1) is 18.7 Å². The first-order valence-corrected chi connectivity index (χ1v) is 17.8. The average molecular weight is 627 g/mol. The van der Waals surface area contributed by atoms with E-state index >= 15 is 0 Å². The van der Waals surface area contributed by atoms with E-state index in [2.05, 4.69) is 74.4 Å². The molecule has 0 radical (unpaired) electrons. The summed E-state index contributed by atoms with van der Waals surface area (Å²) in [7, 11) is 2.20. The molecule has 2 aromatic carbocycles. The lowest BCUT2D eigenvalue weighted by atomic mass is 9.89. The molecule has 0 saturated carbocycles. The first kappa shape index (κ1) is 30.4. The number of fused-ring (bicyclic) bond motifs is 4. The number of nitrogens with one attached hydrogen (secondary N) is 1. The largest absolute Gasteiger partial charge is 0.372 e. The van der Waals surface area contributed by atoms with E-state index in [4.69, 9.17) is 4.74 Å². The highest BCUT2D eigenvalue weighted by Gasteiger charge is 2.59. The lowest BCUT2D eigenvalue weighted by molar-refractivity contribution is -0.369. The van der Waals surface area contributed by atoms with Gasteiger partial charge in [-0.15, -0.1) is 0 Å². The number of benzene rings is 2. The van der Waals surface area contributed by atoms with Gasteiger partial charge in [0, 0.05) is 76.9 Å². The van der Waals surface area contributed by atoms with E-state index in [0.29, 0.717) is 25.7 Å². The number of likely N-dealkylation sites (tertiary alicyclic amines) is 1. The minimum Gasteiger partial charge on any atom is -0.372 e. The van der Waals surface area contributed by atoms with Gasteiger partial charge in [-0.1, -0.05) is 36.4 Å². The van der Waals surface area contributed by atoms with Crippen LogP contribution in [0.25, 0.3) is 0 Å². The number of carbonyl (C=O) groups is 2. The molecule has 9 rings (SSSR count). The van der Waals surface area contributed by atoms with Gasteiger partial charge < -0.3 is 24.8 Å². The Morgan fingerprint density at radius 3 is 2.54 bits per heavy atom. The number of anilines is 1. The maximum absolute atomic E-state index is 14.4. The fraction of sp³-hybridized carbons (Fsp3) is 0.622. The summed E-state index contributed by atoms with van der Waals surface area (Å²) >= 11 is 0. The second-order valence-electron chi connectivity index (χ2n) is 14.7. The Labute approximate surface area is 273 Å². The molecule has 46 heavy (non-hydrogen) atoms. The lowest BCUT2D eigenvalue weighted by Crippen LogP contribution is -2.76. The number of aryl methyl sites for hydroxylation is 2. The topological polar surface area (TPSA) is 71.6 Å². The maximum Gasteiger partial charge on any atom is 0.226 e. The Bertz CT molecular complexity index is 1440. The van der Waals surface area contributed by atoms with Crippen molar-refractivity contribution in [2.45, 2.75) is 82.3 Å². The van der Waals surface area contributed by atoms with Crippen LogP contribution in [0.2, 0.25) is 0 Å². The summed E-state index contributed by atoms with van der Waals surface area (Å²) < 4.78 is 6.54. The Morgan fingerprint density at radius 1 is 0.935 bits per heavy atom. The van der Waals surface area contributed by atoms with E-state index in [9.17, 15) is 9.59 Å². The number of likely N-dealkylation sites (N-methyl/N-ethyl adjacent to an activating group) is 1. The molecule has 9 heteroatoms. The highest BCUT2D eigenvalue weighted by atomic mass is 16.6. The van der Waals surface area contributed by atoms with E-state index in [1.54, 1.807) is 0 Å². The zero-order valence-corrected chi connectivity index (χ0v) is 27.5. The van der Waals surface area contributed by atoms with Gasteiger partial charge >= 0.3 is 0 Å². The number of carbonyl (C=O) groups excluding carboxylic acids is 2. The van der Waals surface area contributed by atoms with Crippen molar-refractivity contribution in [3.05, 3.63) is 64.7 Å². The van der Waals surface area contributed by atoms with Crippen molar-refractivity contribution in [3.63, 3.8) is 0 Å². The number of amides is 2. The minimum absolute atomic E-state index is 0.0452. The number of para-hydroxylation sites is 1. The predicted molar refractivity (Wildman–Crippen MR) is 178 cm³/mol. The highest BCUT2D eigenvalue weighted by Crippen LogP contribution is 2.47. The molecule has 3 unspecified atom stereocenters. The molecule has 6 heterocycles. The van der Waals surface area contributed by atoms with Crippen LogP contribution < -0.4 is 5.32 Å². The molecule has 0 spiro atoms. The van der Waals surface area contributed by atoms with Crippen LogP contribution in [0.4, 0.5) is 5.69 Å². The molecule has 246 valence electrons. The van der Waals surface area contributed by atoms with E-state index < -0.39 is 5.85 Å². The van der Waals surface area contributed by atoms with Crippen LogP contribution in [0, 0.1) is 5.92 Å². The van der Waals surface area contributed by atoms with Crippen LogP contribution in [0.3, 0.4) is 0 Å². The molecule has 5 fully saturated rings. The van der Waals surface area contributed by atoms with Crippen LogP contribution in [0.15, 0.2) is 42.5 Å². The fourth-order valence-electron chi connectivity index (χ4n) is 9.05. The summed E-state index contributed by atoms with van der Waals surface area (Å²) in [5, 5.41) is 3.55. The number of nitrogens with zero attached hydrogens (tertiary/aromatic N) is 5. The van der Waals surface area contributed by atoms with E-state index in [1.165, 1.54) is 28.7 Å². The van der Waals surface area contributed by atoms with Gasteiger partial charge in [0.2, 0.25) is 17.7 Å². The molecule has 7 aliphatic rings. The summed E-state index contributed by atoms with van der Waals surface area (Å²) in [6, 6.07) is 15.7. The van der Waals surface area contributed by atoms with Crippen LogP contribution in [-0.2, 0) is 40.1 Å². The molecule has 1 N–H and O–H groups in total. The molecular formula is C37H50N6O3. The van der Waals surface area contributed by atoms with Gasteiger partial charge in [0.25, 0.3) is 0 Å². The summed E-state index contributed by atoms with van der Waals surface area (Å²) in [5.41, 5.74) is 6.42. The normalized spacial score (nSPS) is 27.8. The van der Waals surface area contributed by atoms with E-state index in [1.807, 2.05) is 4.90 Å². The third-order valence-electron chi connectivity index (χ3n) is 11.8. The van der Waals surface area contributed by atoms with Gasteiger partial charge in [0.15, 0.2) is 0 Å². The van der Waals surface area contributed by atoms with Crippen LogP contribution in [0.5, 0.6) is 0 Å². The Morgan fingerprint density at radius 2 is 1.72 bits per heavy atom. The fourth-order valence-corrected chi connectivity index (χ4v) is 9.05. The van der Waals surface area contributed by atoms with Crippen molar-refractivity contribution < 1.29 is 14.3 Å². The molecule has 6 aliphatic heterocycles. The molecule has 9 nitrogen and oxygen atoms in total. The Balaban J connectivity index is 0.990. The Hall–Kier alpha value is -2.98. The molecule has 2 bridgehead atoms. The van der Waals surface area contributed by atoms with Crippen molar-refractivity contribution in [1.29, 1.82) is 0 Å².